The molecule has 1 aromatic rings. The molecule has 0 unspecified atom stereocenters. The molecule has 0 bridgehead atoms. The summed E-state index contributed by atoms with van der Waals surface area (Å²) in [5.74, 6) is 0.0429. The van der Waals surface area contributed by atoms with Crippen molar-refractivity contribution in [2.24, 2.45) is 0 Å². The quantitative estimate of drug-likeness (QED) is 0.637. The molecule has 2 nitrogen and oxygen atoms in total. The predicted octanol–water partition coefficient (Wildman–Crippen LogP) is 2.19. The van der Waals surface area contributed by atoms with Crippen LogP contribution in [-0.2, 0) is 6.42 Å². The lowest BCUT2D eigenvalue weighted by Crippen LogP contribution is -1.93. The average Bonchev–Trinajstić information content (AvgIpc) is 2.01. The molecule has 0 atom stereocenters. The highest BCUT2D eigenvalue weighted by Crippen LogP contribution is 2.31. The van der Waals surface area contributed by atoms with E-state index >= 15 is 0 Å². The summed E-state index contributed by atoms with van der Waals surface area (Å²) in [6.07, 6.45) is 0.825. The highest BCUT2D eigenvalue weighted by Gasteiger charge is 2.05. The van der Waals surface area contributed by atoms with E-state index in [9.17, 15) is 0 Å². The molecular weight excluding hydrogens is 162 g/mol. The van der Waals surface area contributed by atoms with Crippen LogP contribution >= 0.6 is 11.6 Å². The molecule has 0 heterocycles. The fourth-order valence-corrected chi connectivity index (χ4v) is 1.11. The van der Waals surface area contributed by atoms with E-state index in [1.165, 1.54) is 0 Å². The first-order valence-electron chi connectivity index (χ1n) is 3.42. The fourth-order valence-electron chi connectivity index (χ4n) is 0.930. The van der Waals surface area contributed by atoms with Crippen molar-refractivity contribution in [1.82, 2.24) is 0 Å². The monoisotopic (exact) mass is 171 g/mol. The third-order valence-corrected chi connectivity index (χ3v) is 2.03. The summed E-state index contributed by atoms with van der Waals surface area (Å²) in [5, 5.41) is 9.36. The molecule has 0 spiro atoms. The number of phenolic OH excluding ortho intramolecular Hbond substituents is 1. The van der Waals surface area contributed by atoms with E-state index < -0.39 is 0 Å². The van der Waals surface area contributed by atoms with Crippen molar-refractivity contribution < 1.29 is 5.11 Å². The number of aryl methyl sites for hydroxylation is 1. The molecule has 1 rings (SSSR count). The Morgan fingerprint density at radius 2 is 2.18 bits per heavy atom. The molecule has 0 fully saturated rings. The van der Waals surface area contributed by atoms with Gasteiger partial charge in [-0.15, -0.1) is 0 Å². The largest absolute Gasteiger partial charge is 0.506 e. The lowest BCUT2D eigenvalue weighted by Gasteiger charge is -2.05. The van der Waals surface area contributed by atoms with Crippen molar-refractivity contribution in [3.63, 3.8) is 0 Å². The second-order valence-electron chi connectivity index (χ2n) is 2.33. The van der Waals surface area contributed by atoms with E-state index in [1.54, 1.807) is 12.1 Å². The number of phenols is 1. The Morgan fingerprint density at radius 3 is 2.73 bits per heavy atom. The molecule has 1 aromatic carbocycles. The Bertz CT molecular complexity index is 273. The molecule has 0 saturated carbocycles. The maximum atomic E-state index is 9.11. The summed E-state index contributed by atoms with van der Waals surface area (Å²) in [4.78, 5) is 0. The van der Waals surface area contributed by atoms with Gasteiger partial charge in [0, 0.05) is 0 Å². The van der Waals surface area contributed by atoms with Crippen molar-refractivity contribution >= 4 is 17.3 Å². The Hall–Kier alpha value is -0.890. The number of benzene rings is 1. The number of halogens is 1. The van der Waals surface area contributed by atoms with Gasteiger partial charge in [-0.05, 0) is 18.1 Å². The fraction of sp³-hybridized carbons (Fsp3) is 0.250. The Morgan fingerprint density at radius 1 is 1.55 bits per heavy atom. The zero-order valence-electron chi connectivity index (χ0n) is 6.26. The number of nitrogen functional groups attached to an aromatic ring is 1. The summed E-state index contributed by atoms with van der Waals surface area (Å²) < 4.78 is 0. The third-order valence-electron chi connectivity index (χ3n) is 1.63. The first-order valence-corrected chi connectivity index (χ1v) is 3.80. The van der Waals surface area contributed by atoms with E-state index in [-0.39, 0.29) is 10.8 Å². The van der Waals surface area contributed by atoms with E-state index in [1.807, 2.05) is 6.92 Å². The molecule has 0 saturated heterocycles. The minimum absolute atomic E-state index is 0.0429. The molecule has 3 heteroatoms. The first-order chi connectivity index (χ1) is 5.16. The van der Waals surface area contributed by atoms with Crippen molar-refractivity contribution in [2.45, 2.75) is 13.3 Å². The molecule has 0 radical (unpaired) electrons. The summed E-state index contributed by atoms with van der Waals surface area (Å²) in [5.41, 5.74) is 7.05. The lowest BCUT2D eigenvalue weighted by molar-refractivity contribution is 0.475. The zero-order chi connectivity index (χ0) is 8.43. The smallest absolute Gasteiger partial charge is 0.136 e. The molecule has 0 aliphatic rings. The maximum Gasteiger partial charge on any atom is 0.136 e. The van der Waals surface area contributed by atoms with Crippen LogP contribution in [-0.4, -0.2) is 5.11 Å². The molecule has 0 aliphatic heterocycles. The standard InChI is InChI=1S/C8H10ClNO/c1-2-5-3-4-6(11)7(9)8(5)10/h3-4,11H,2,10H2,1H3. The average molecular weight is 172 g/mol. The molecular formula is C8H10ClNO. The van der Waals surface area contributed by atoms with Crippen LogP contribution in [0.4, 0.5) is 5.69 Å². The topological polar surface area (TPSA) is 46.2 Å². The van der Waals surface area contributed by atoms with Gasteiger partial charge in [-0.3, -0.25) is 0 Å². The lowest BCUT2D eigenvalue weighted by atomic mass is 10.1. The summed E-state index contributed by atoms with van der Waals surface area (Å²) in [7, 11) is 0. The van der Waals surface area contributed by atoms with Gasteiger partial charge in [0.25, 0.3) is 0 Å². The predicted molar refractivity (Wildman–Crippen MR) is 46.9 cm³/mol. The van der Waals surface area contributed by atoms with E-state index in [0.29, 0.717) is 5.69 Å². The molecule has 60 valence electrons. The summed E-state index contributed by atoms with van der Waals surface area (Å²) >= 11 is 5.69. The van der Waals surface area contributed by atoms with Crippen LogP contribution in [0.5, 0.6) is 5.75 Å². The van der Waals surface area contributed by atoms with Gasteiger partial charge >= 0.3 is 0 Å². The number of anilines is 1. The Labute approximate surface area is 70.6 Å². The molecule has 11 heavy (non-hydrogen) atoms. The van der Waals surface area contributed by atoms with Crippen LogP contribution in [0.15, 0.2) is 12.1 Å². The van der Waals surface area contributed by atoms with E-state index in [2.05, 4.69) is 0 Å². The van der Waals surface area contributed by atoms with E-state index in [4.69, 9.17) is 22.4 Å². The summed E-state index contributed by atoms with van der Waals surface area (Å²) in [6, 6.07) is 3.33. The van der Waals surface area contributed by atoms with Crippen molar-refractivity contribution in [2.75, 3.05) is 5.73 Å². The van der Waals surface area contributed by atoms with Crippen LogP contribution in [0.3, 0.4) is 0 Å². The molecule has 3 N–H and O–H groups in total. The van der Waals surface area contributed by atoms with Gasteiger partial charge < -0.3 is 10.8 Å². The molecule has 0 aromatic heterocycles. The zero-order valence-corrected chi connectivity index (χ0v) is 7.02. The van der Waals surface area contributed by atoms with Gasteiger partial charge in [-0.1, -0.05) is 24.6 Å². The Balaban J connectivity index is 3.25. The minimum Gasteiger partial charge on any atom is -0.506 e. The SMILES string of the molecule is CCc1ccc(O)c(Cl)c1N. The second kappa shape index (κ2) is 3.01. The number of rotatable bonds is 1. The van der Waals surface area contributed by atoms with Gasteiger partial charge in [0.15, 0.2) is 0 Å². The van der Waals surface area contributed by atoms with Gasteiger partial charge in [0.2, 0.25) is 0 Å². The second-order valence-corrected chi connectivity index (χ2v) is 2.70. The number of hydrogen-bond donors (Lipinski definition) is 2. The first kappa shape index (κ1) is 8.21. The van der Waals surface area contributed by atoms with Gasteiger partial charge in [0.1, 0.15) is 10.8 Å². The van der Waals surface area contributed by atoms with E-state index in [0.717, 1.165) is 12.0 Å². The molecule has 0 aliphatic carbocycles. The highest BCUT2D eigenvalue weighted by atomic mass is 35.5. The normalized spacial score (nSPS) is 10.0. The Kier molecular flexibility index (Phi) is 2.25. The number of nitrogens with two attached hydrogens (primary N) is 1. The van der Waals surface area contributed by atoms with Gasteiger partial charge in [0.05, 0.1) is 5.69 Å². The van der Waals surface area contributed by atoms with Crippen molar-refractivity contribution in [1.29, 1.82) is 0 Å². The maximum absolute atomic E-state index is 9.11. The van der Waals surface area contributed by atoms with Crippen LogP contribution < -0.4 is 5.73 Å². The van der Waals surface area contributed by atoms with Crippen LogP contribution in [0.25, 0.3) is 0 Å². The van der Waals surface area contributed by atoms with Crippen molar-refractivity contribution in [3.8, 4) is 5.75 Å². The van der Waals surface area contributed by atoms with Crippen LogP contribution in [0.1, 0.15) is 12.5 Å². The van der Waals surface area contributed by atoms with Crippen molar-refractivity contribution in [3.05, 3.63) is 22.7 Å². The number of aromatic hydroxyl groups is 1. The van der Waals surface area contributed by atoms with Crippen LogP contribution in [0, 0.1) is 0 Å². The van der Waals surface area contributed by atoms with Crippen LogP contribution in [0.2, 0.25) is 5.02 Å². The minimum atomic E-state index is 0.0429. The van der Waals surface area contributed by atoms with Gasteiger partial charge in [-0.25, -0.2) is 0 Å². The number of hydrogen-bond acceptors (Lipinski definition) is 2. The molecule has 0 amide bonds. The van der Waals surface area contributed by atoms with Gasteiger partial charge in [-0.2, -0.15) is 0 Å². The third kappa shape index (κ3) is 1.40. The highest BCUT2D eigenvalue weighted by molar-refractivity contribution is 6.34. The summed E-state index contributed by atoms with van der Waals surface area (Å²) in [6.45, 7) is 1.99.